The quantitative estimate of drug-likeness (QED) is 0.613. The summed E-state index contributed by atoms with van der Waals surface area (Å²) < 4.78 is 47.6. The van der Waals surface area contributed by atoms with Crippen LogP contribution in [0.25, 0.3) is 10.2 Å². The molecule has 0 unspecified atom stereocenters. The molecule has 0 aromatic carbocycles. The topological polar surface area (TPSA) is 64.1 Å². The molecule has 0 aliphatic carbocycles. The molecule has 0 aliphatic rings. The number of thiophene rings is 1. The molecule has 0 bridgehead atoms. The fourth-order valence-electron chi connectivity index (χ4n) is 2.25. The zero-order valence-electron chi connectivity index (χ0n) is 12.2. The zero-order valence-corrected chi connectivity index (χ0v) is 14.6. The van der Waals surface area contributed by atoms with Gasteiger partial charge in [-0.25, -0.2) is 0 Å². The van der Waals surface area contributed by atoms with Crippen molar-refractivity contribution in [3.05, 3.63) is 34.1 Å². The minimum Gasteiger partial charge on any atom is -0.467 e. The van der Waals surface area contributed by atoms with Gasteiger partial charge in [-0.2, -0.15) is 17.5 Å². The van der Waals surface area contributed by atoms with Crippen molar-refractivity contribution >= 4 is 49.7 Å². The average Bonchev–Trinajstić information content (AvgIpc) is 3.16. The number of anilines is 1. The van der Waals surface area contributed by atoms with Crippen molar-refractivity contribution in [1.29, 1.82) is 0 Å². The Morgan fingerprint density at radius 3 is 2.88 bits per heavy atom. The molecule has 3 aromatic heterocycles. The molecule has 10 heteroatoms. The van der Waals surface area contributed by atoms with E-state index in [-0.39, 0.29) is 6.42 Å². The lowest BCUT2D eigenvalue weighted by atomic mass is 10.1. The predicted octanol–water partition coefficient (Wildman–Crippen LogP) is 5.04. The van der Waals surface area contributed by atoms with Crippen molar-refractivity contribution in [2.45, 2.75) is 31.6 Å². The SMILES string of the molecule is N[C@H](Cc1sc2c(NCc3ccco3)snc2c1Cl)CC(F)(F)F. The highest BCUT2D eigenvalue weighted by molar-refractivity contribution is 7.25. The van der Waals surface area contributed by atoms with Gasteiger partial charge in [-0.3, -0.25) is 0 Å². The van der Waals surface area contributed by atoms with Crippen LogP contribution < -0.4 is 11.1 Å². The third-order valence-corrected chi connectivity index (χ3v) is 5.94. The van der Waals surface area contributed by atoms with Gasteiger partial charge in [-0.05, 0) is 30.1 Å². The number of hydrogen-bond acceptors (Lipinski definition) is 6. The van der Waals surface area contributed by atoms with E-state index in [9.17, 15) is 13.2 Å². The van der Waals surface area contributed by atoms with E-state index in [2.05, 4.69) is 9.69 Å². The molecule has 24 heavy (non-hydrogen) atoms. The number of furan rings is 1. The number of aromatic nitrogens is 1. The molecule has 0 saturated heterocycles. The van der Waals surface area contributed by atoms with Gasteiger partial charge in [-0.1, -0.05) is 11.6 Å². The Kier molecular flexibility index (Phi) is 5.05. The van der Waals surface area contributed by atoms with E-state index in [1.807, 2.05) is 6.07 Å². The van der Waals surface area contributed by atoms with Crippen LogP contribution in [0.2, 0.25) is 5.02 Å². The maximum absolute atomic E-state index is 12.4. The zero-order chi connectivity index (χ0) is 17.3. The Morgan fingerprint density at radius 1 is 1.42 bits per heavy atom. The maximum atomic E-state index is 12.4. The number of fused-ring (bicyclic) bond motifs is 1. The first kappa shape index (κ1) is 17.5. The summed E-state index contributed by atoms with van der Waals surface area (Å²) in [5.41, 5.74) is 6.19. The molecule has 0 spiro atoms. The molecule has 0 radical (unpaired) electrons. The number of hydrogen-bond donors (Lipinski definition) is 2. The second-order valence-electron chi connectivity index (χ2n) is 5.25. The molecule has 4 nitrogen and oxygen atoms in total. The smallest absolute Gasteiger partial charge is 0.390 e. The molecule has 0 amide bonds. The second-order valence-corrected chi connectivity index (χ2v) is 7.50. The monoisotopic (exact) mass is 395 g/mol. The molecule has 0 fully saturated rings. The number of rotatable bonds is 6. The van der Waals surface area contributed by atoms with Gasteiger partial charge in [0.05, 0.1) is 29.0 Å². The van der Waals surface area contributed by atoms with Gasteiger partial charge < -0.3 is 15.5 Å². The van der Waals surface area contributed by atoms with E-state index < -0.39 is 18.6 Å². The largest absolute Gasteiger partial charge is 0.467 e. The third kappa shape index (κ3) is 4.02. The molecule has 3 rings (SSSR count). The Bertz CT molecular complexity index is 813. The second kappa shape index (κ2) is 6.91. The van der Waals surface area contributed by atoms with Gasteiger partial charge in [-0.15, -0.1) is 11.3 Å². The molecule has 0 aliphatic heterocycles. The van der Waals surface area contributed by atoms with Crippen LogP contribution in [0.4, 0.5) is 18.2 Å². The van der Waals surface area contributed by atoms with Crippen molar-refractivity contribution in [2.24, 2.45) is 5.73 Å². The highest BCUT2D eigenvalue weighted by Crippen LogP contribution is 2.42. The van der Waals surface area contributed by atoms with Crippen LogP contribution in [0.5, 0.6) is 0 Å². The van der Waals surface area contributed by atoms with Crippen molar-refractivity contribution < 1.29 is 17.6 Å². The van der Waals surface area contributed by atoms with Crippen LogP contribution in [0.15, 0.2) is 22.8 Å². The average molecular weight is 396 g/mol. The van der Waals surface area contributed by atoms with E-state index in [0.29, 0.717) is 22.0 Å². The van der Waals surface area contributed by atoms with E-state index >= 15 is 0 Å². The number of halogens is 4. The minimum absolute atomic E-state index is 0.0711. The first-order chi connectivity index (χ1) is 11.3. The summed E-state index contributed by atoms with van der Waals surface area (Å²) in [5.74, 6) is 0.770. The van der Waals surface area contributed by atoms with Crippen molar-refractivity contribution in [3.8, 4) is 0 Å². The molecule has 3 heterocycles. The lowest BCUT2D eigenvalue weighted by molar-refractivity contribution is -0.138. The van der Waals surface area contributed by atoms with Crippen LogP contribution in [0, 0.1) is 0 Å². The van der Waals surface area contributed by atoms with Crippen LogP contribution in [-0.2, 0) is 13.0 Å². The highest BCUT2D eigenvalue weighted by Gasteiger charge is 2.31. The normalized spacial score (nSPS) is 13.5. The number of nitrogens with one attached hydrogen (secondary N) is 1. The minimum atomic E-state index is -4.28. The van der Waals surface area contributed by atoms with E-state index in [4.69, 9.17) is 21.8 Å². The molecule has 0 saturated carbocycles. The number of alkyl halides is 3. The summed E-state index contributed by atoms with van der Waals surface area (Å²) in [5, 5.41) is 4.40. The highest BCUT2D eigenvalue weighted by atomic mass is 35.5. The molecule has 130 valence electrons. The fourth-order valence-corrected chi connectivity index (χ4v) is 4.80. The summed E-state index contributed by atoms with van der Waals surface area (Å²) in [6, 6.07) is 2.61. The van der Waals surface area contributed by atoms with Crippen LogP contribution in [-0.4, -0.2) is 16.6 Å². The predicted molar refractivity (Wildman–Crippen MR) is 90.9 cm³/mol. The van der Waals surface area contributed by atoms with Gasteiger partial charge in [0.15, 0.2) is 0 Å². The molecular weight excluding hydrogens is 383 g/mol. The first-order valence-electron chi connectivity index (χ1n) is 6.98. The maximum Gasteiger partial charge on any atom is 0.390 e. The Morgan fingerprint density at radius 2 is 2.21 bits per heavy atom. The number of nitrogens with zero attached hydrogens (tertiary/aromatic N) is 1. The van der Waals surface area contributed by atoms with E-state index in [1.165, 1.54) is 22.9 Å². The van der Waals surface area contributed by atoms with Crippen LogP contribution in [0.3, 0.4) is 0 Å². The van der Waals surface area contributed by atoms with Crippen molar-refractivity contribution in [1.82, 2.24) is 4.37 Å². The molecular formula is C14H13ClF3N3OS2. The van der Waals surface area contributed by atoms with Crippen molar-refractivity contribution in [2.75, 3.05) is 5.32 Å². The fraction of sp³-hybridized carbons (Fsp3) is 0.357. The van der Waals surface area contributed by atoms with Gasteiger partial charge in [0, 0.05) is 10.9 Å². The van der Waals surface area contributed by atoms with Crippen LogP contribution >= 0.6 is 34.5 Å². The van der Waals surface area contributed by atoms with Gasteiger partial charge in [0.1, 0.15) is 16.3 Å². The summed E-state index contributed by atoms with van der Waals surface area (Å²) in [4.78, 5) is 0.625. The van der Waals surface area contributed by atoms with E-state index in [1.54, 1.807) is 12.3 Å². The Labute approximate surface area is 148 Å². The molecule has 3 aromatic rings. The summed E-state index contributed by atoms with van der Waals surface area (Å²) in [6.45, 7) is 0.489. The Hall–Kier alpha value is -1.29. The number of nitrogens with two attached hydrogens (primary N) is 1. The Balaban J connectivity index is 1.75. The summed E-state index contributed by atoms with van der Waals surface area (Å²) in [6.07, 6.45) is -3.66. The van der Waals surface area contributed by atoms with Gasteiger partial charge in [0.2, 0.25) is 0 Å². The standard InChI is InChI=1S/C14H13ClF3N3OS2/c15-10-9(4-7(19)5-14(16,17)18)23-12-11(10)21-24-13(12)20-6-8-2-1-3-22-8/h1-3,7,20H,4-6,19H2/t7-/m1/s1. The molecule has 1 atom stereocenters. The van der Waals surface area contributed by atoms with Crippen LogP contribution in [0.1, 0.15) is 17.1 Å². The van der Waals surface area contributed by atoms with Gasteiger partial charge >= 0.3 is 6.18 Å². The lowest BCUT2D eigenvalue weighted by Crippen LogP contribution is -2.29. The lowest BCUT2D eigenvalue weighted by Gasteiger charge is -2.13. The summed E-state index contributed by atoms with van der Waals surface area (Å²) in [7, 11) is 0. The first-order valence-corrected chi connectivity index (χ1v) is 8.95. The third-order valence-electron chi connectivity index (χ3n) is 3.27. The summed E-state index contributed by atoms with van der Waals surface area (Å²) >= 11 is 8.84. The van der Waals surface area contributed by atoms with E-state index in [0.717, 1.165) is 15.5 Å². The van der Waals surface area contributed by atoms with Gasteiger partial charge in [0.25, 0.3) is 0 Å². The van der Waals surface area contributed by atoms with Crippen molar-refractivity contribution in [3.63, 3.8) is 0 Å². The molecule has 3 N–H and O–H groups in total.